The molecule has 5 nitrogen and oxygen atoms in total. The van der Waals surface area contributed by atoms with Gasteiger partial charge in [0.15, 0.2) is 9.84 Å². The molecular weight excluding hydrogens is 370 g/mol. The number of sulfonamides is 1. The Hall–Kier alpha value is -0.630. The Kier molecular flexibility index (Phi) is 6.00. The number of piperidine rings is 1. The molecule has 0 unspecified atom stereocenters. The molecule has 1 aliphatic heterocycles. The highest BCUT2D eigenvalue weighted by Crippen LogP contribution is 2.28. The zero-order valence-electron chi connectivity index (χ0n) is 14.2. The molecule has 0 N–H and O–H groups in total. The average molecular weight is 394 g/mol. The summed E-state index contributed by atoms with van der Waals surface area (Å²) in [6.45, 7) is 5.91. The van der Waals surface area contributed by atoms with E-state index in [9.17, 15) is 16.8 Å². The standard InChI is InChI=1S/C16H24ClNO4S2/c1-12(2)11-23(19,20)15-6-8-18(9-7-15)24(21,22)16-10-14(17)5-4-13(16)3/h4-5,10,12,15H,6-9,11H2,1-3H3. The van der Waals surface area contributed by atoms with Crippen LogP contribution in [0.2, 0.25) is 5.02 Å². The van der Waals surface area contributed by atoms with Gasteiger partial charge in [0.25, 0.3) is 0 Å². The Balaban J connectivity index is 2.16. The number of hydrogen-bond donors (Lipinski definition) is 0. The van der Waals surface area contributed by atoms with Gasteiger partial charge in [-0.3, -0.25) is 0 Å². The quantitative estimate of drug-likeness (QED) is 0.771. The first-order valence-electron chi connectivity index (χ1n) is 8.02. The molecule has 8 heteroatoms. The Bertz CT molecular complexity index is 795. The molecule has 0 bridgehead atoms. The van der Waals surface area contributed by atoms with Crippen molar-refractivity contribution in [3.05, 3.63) is 28.8 Å². The van der Waals surface area contributed by atoms with Crippen LogP contribution in [0.5, 0.6) is 0 Å². The van der Waals surface area contributed by atoms with Gasteiger partial charge in [-0.15, -0.1) is 0 Å². The van der Waals surface area contributed by atoms with E-state index in [2.05, 4.69) is 0 Å². The SMILES string of the molecule is Cc1ccc(Cl)cc1S(=O)(=O)N1CCC(S(=O)(=O)CC(C)C)CC1. The van der Waals surface area contributed by atoms with E-state index in [1.807, 2.05) is 13.8 Å². The molecule has 0 atom stereocenters. The Morgan fingerprint density at radius 1 is 1.17 bits per heavy atom. The number of aryl methyl sites for hydroxylation is 1. The van der Waals surface area contributed by atoms with Gasteiger partial charge in [-0.2, -0.15) is 4.31 Å². The highest BCUT2D eigenvalue weighted by Gasteiger charge is 2.35. The van der Waals surface area contributed by atoms with Crippen LogP contribution in [0, 0.1) is 12.8 Å². The van der Waals surface area contributed by atoms with E-state index in [4.69, 9.17) is 11.6 Å². The molecule has 1 aromatic rings. The van der Waals surface area contributed by atoms with Crippen molar-refractivity contribution in [3.63, 3.8) is 0 Å². The van der Waals surface area contributed by atoms with E-state index in [0.29, 0.717) is 23.4 Å². The van der Waals surface area contributed by atoms with E-state index >= 15 is 0 Å². The first-order valence-corrected chi connectivity index (χ1v) is 11.6. The number of nitrogens with zero attached hydrogens (tertiary/aromatic N) is 1. The Morgan fingerprint density at radius 3 is 2.29 bits per heavy atom. The zero-order chi connectivity index (χ0) is 18.1. The maximum atomic E-state index is 12.8. The third kappa shape index (κ3) is 4.31. The minimum atomic E-state index is -3.65. The second-order valence-corrected chi connectivity index (χ2v) is 11.4. The molecule has 2 rings (SSSR count). The van der Waals surface area contributed by atoms with Crippen LogP contribution in [0.15, 0.2) is 23.1 Å². The fraction of sp³-hybridized carbons (Fsp3) is 0.625. The molecule has 0 amide bonds. The fourth-order valence-corrected chi connectivity index (χ4v) is 7.11. The zero-order valence-corrected chi connectivity index (χ0v) is 16.6. The molecule has 1 fully saturated rings. The maximum absolute atomic E-state index is 12.8. The molecule has 1 saturated heterocycles. The summed E-state index contributed by atoms with van der Waals surface area (Å²) >= 11 is 5.93. The summed E-state index contributed by atoms with van der Waals surface area (Å²) in [5, 5.41) is -0.0830. The summed E-state index contributed by atoms with van der Waals surface area (Å²) in [7, 11) is -6.83. The molecular formula is C16H24ClNO4S2. The molecule has 1 aliphatic rings. The third-order valence-corrected chi connectivity index (χ3v) is 9.14. The van der Waals surface area contributed by atoms with Crippen LogP contribution in [-0.4, -0.2) is 45.2 Å². The molecule has 0 aliphatic carbocycles. The topological polar surface area (TPSA) is 71.5 Å². The van der Waals surface area contributed by atoms with Crippen molar-refractivity contribution < 1.29 is 16.8 Å². The average Bonchev–Trinajstić information content (AvgIpc) is 2.48. The van der Waals surface area contributed by atoms with Crippen molar-refractivity contribution >= 4 is 31.5 Å². The van der Waals surface area contributed by atoms with Crippen molar-refractivity contribution in [2.45, 2.75) is 43.8 Å². The number of rotatable bonds is 5. The molecule has 0 aromatic heterocycles. The van der Waals surface area contributed by atoms with Crippen molar-refractivity contribution in [2.24, 2.45) is 5.92 Å². The first-order chi connectivity index (χ1) is 11.0. The van der Waals surface area contributed by atoms with E-state index < -0.39 is 25.1 Å². The fourth-order valence-electron chi connectivity index (χ4n) is 3.02. The van der Waals surface area contributed by atoms with Crippen LogP contribution < -0.4 is 0 Å². The minimum Gasteiger partial charge on any atom is -0.229 e. The summed E-state index contributed by atoms with van der Waals surface area (Å²) in [6.07, 6.45) is 0.682. The third-order valence-electron chi connectivity index (χ3n) is 4.24. The minimum absolute atomic E-state index is 0.0749. The molecule has 1 aromatic carbocycles. The van der Waals surface area contributed by atoms with Crippen molar-refractivity contribution in [1.29, 1.82) is 0 Å². The number of hydrogen-bond acceptors (Lipinski definition) is 4. The van der Waals surface area contributed by atoms with Crippen LogP contribution in [0.25, 0.3) is 0 Å². The Labute approximate surface area is 150 Å². The van der Waals surface area contributed by atoms with Gasteiger partial charge in [0.1, 0.15) is 0 Å². The lowest BCUT2D eigenvalue weighted by atomic mass is 10.2. The summed E-state index contributed by atoms with van der Waals surface area (Å²) in [4.78, 5) is 0.193. The number of sulfone groups is 1. The van der Waals surface area contributed by atoms with E-state index in [-0.39, 0.29) is 29.7 Å². The smallest absolute Gasteiger partial charge is 0.229 e. The van der Waals surface area contributed by atoms with Crippen molar-refractivity contribution in [2.75, 3.05) is 18.8 Å². The maximum Gasteiger partial charge on any atom is 0.243 e. The predicted octanol–water partition coefficient (Wildman–Crippen LogP) is 2.87. The van der Waals surface area contributed by atoms with E-state index in [1.54, 1.807) is 19.1 Å². The largest absolute Gasteiger partial charge is 0.243 e. The summed E-state index contributed by atoms with van der Waals surface area (Å²) < 4.78 is 51.7. The van der Waals surface area contributed by atoms with Crippen LogP contribution in [0.1, 0.15) is 32.3 Å². The van der Waals surface area contributed by atoms with Gasteiger partial charge in [-0.25, -0.2) is 16.8 Å². The molecule has 24 heavy (non-hydrogen) atoms. The predicted molar refractivity (Wildman–Crippen MR) is 96.6 cm³/mol. The van der Waals surface area contributed by atoms with Crippen LogP contribution >= 0.6 is 11.6 Å². The highest BCUT2D eigenvalue weighted by atomic mass is 35.5. The molecule has 1 heterocycles. The molecule has 0 saturated carbocycles. The van der Waals surface area contributed by atoms with Gasteiger partial charge in [0.2, 0.25) is 10.0 Å². The van der Waals surface area contributed by atoms with E-state index in [1.165, 1.54) is 10.4 Å². The van der Waals surface area contributed by atoms with Crippen LogP contribution in [-0.2, 0) is 19.9 Å². The normalized spacial score (nSPS) is 18.2. The lowest BCUT2D eigenvalue weighted by molar-refractivity contribution is 0.345. The number of benzene rings is 1. The number of halogens is 1. The molecule has 0 spiro atoms. The molecule has 0 radical (unpaired) electrons. The summed E-state index contributed by atoms with van der Waals surface area (Å²) in [5.74, 6) is 0.225. The van der Waals surface area contributed by atoms with Crippen LogP contribution in [0.4, 0.5) is 0 Å². The molecule has 136 valence electrons. The van der Waals surface area contributed by atoms with Crippen LogP contribution in [0.3, 0.4) is 0 Å². The Morgan fingerprint density at radius 2 is 1.75 bits per heavy atom. The lowest BCUT2D eigenvalue weighted by Gasteiger charge is -2.31. The van der Waals surface area contributed by atoms with Gasteiger partial charge in [-0.1, -0.05) is 31.5 Å². The van der Waals surface area contributed by atoms with Gasteiger partial charge in [-0.05, 0) is 43.4 Å². The monoisotopic (exact) mass is 393 g/mol. The van der Waals surface area contributed by atoms with Gasteiger partial charge in [0, 0.05) is 18.1 Å². The van der Waals surface area contributed by atoms with Crippen molar-refractivity contribution in [3.8, 4) is 0 Å². The van der Waals surface area contributed by atoms with E-state index in [0.717, 1.165) is 0 Å². The second kappa shape index (κ2) is 7.32. The van der Waals surface area contributed by atoms with Gasteiger partial charge in [0.05, 0.1) is 15.9 Å². The highest BCUT2D eigenvalue weighted by molar-refractivity contribution is 7.92. The second-order valence-electron chi connectivity index (χ2n) is 6.74. The first kappa shape index (κ1) is 19.7. The van der Waals surface area contributed by atoms with Crippen molar-refractivity contribution in [1.82, 2.24) is 4.31 Å². The summed E-state index contributed by atoms with van der Waals surface area (Å²) in [6, 6.07) is 4.78. The van der Waals surface area contributed by atoms with Gasteiger partial charge >= 0.3 is 0 Å². The summed E-state index contributed by atoms with van der Waals surface area (Å²) in [5.41, 5.74) is 0.633. The lowest BCUT2D eigenvalue weighted by Crippen LogP contribution is -2.43. The van der Waals surface area contributed by atoms with Gasteiger partial charge < -0.3 is 0 Å².